The number of piperidine rings is 1. The summed E-state index contributed by atoms with van der Waals surface area (Å²) in [7, 11) is 0. The second-order valence-electron chi connectivity index (χ2n) is 6.12. The van der Waals surface area contributed by atoms with Gasteiger partial charge in [-0.1, -0.05) is 0 Å². The second kappa shape index (κ2) is 7.36. The molecule has 0 aliphatic carbocycles. The molecule has 1 aliphatic heterocycles. The molecule has 6 nitrogen and oxygen atoms in total. The number of hydrogen-bond acceptors (Lipinski definition) is 6. The molecule has 0 spiro atoms. The van der Waals surface area contributed by atoms with E-state index in [1.807, 2.05) is 30.3 Å². The second-order valence-corrected chi connectivity index (χ2v) is 6.12. The molecule has 4 heterocycles. The zero-order valence-corrected chi connectivity index (χ0v) is 13.9. The van der Waals surface area contributed by atoms with E-state index >= 15 is 0 Å². The number of rotatable bonds is 4. The van der Waals surface area contributed by atoms with E-state index in [4.69, 9.17) is 9.97 Å². The lowest BCUT2D eigenvalue weighted by atomic mass is 10.1. The first-order valence-electron chi connectivity index (χ1n) is 8.55. The van der Waals surface area contributed by atoms with Gasteiger partial charge in [0, 0.05) is 54.6 Å². The molecule has 25 heavy (non-hydrogen) atoms. The SMILES string of the molecule is c1cc(-c2cc(NC3CCCNC3)nc(-c3ccncc3)n2)ccn1. The lowest BCUT2D eigenvalue weighted by Crippen LogP contribution is -2.38. The lowest BCUT2D eigenvalue weighted by Gasteiger charge is -2.24. The molecule has 3 aromatic heterocycles. The molecule has 1 atom stereocenters. The third-order valence-corrected chi connectivity index (χ3v) is 4.29. The molecule has 3 aromatic rings. The Morgan fingerprint density at radius 3 is 2.32 bits per heavy atom. The van der Waals surface area contributed by atoms with Crippen molar-refractivity contribution in [3.8, 4) is 22.6 Å². The molecule has 6 heteroatoms. The van der Waals surface area contributed by atoms with Crippen molar-refractivity contribution in [2.45, 2.75) is 18.9 Å². The summed E-state index contributed by atoms with van der Waals surface area (Å²) in [6, 6.07) is 10.2. The van der Waals surface area contributed by atoms with Crippen LogP contribution < -0.4 is 10.6 Å². The third kappa shape index (κ3) is 3.80. The predicted molar refractivity (Wildman–Crippen MR) is 98.0 cm³/mol. The summed E-state index contributed by atoms with van der Waals surface area (Å²) >= 11 is 0. The maximum atomic E-state index is 4.74. The van der Waals surface area contributed by atoms with Crippen LogP contribution in [0.4, 0.5) is 5.82 Å². The zero-order valence-electron chi connectivity index (χ0n) is 13.9. The smallest absolute Gasteiger partial charge is 0.162 e. The minimum atomic E-state index is 0.388. The molecule has 0 radical (unpaired) electrons. The van der Waals surface area contributed by atoms with E-state index in [2.05, 4.69) is 20.6 Å². The van der Waals surface area contributed by atoms with Crippen LogP contribution in [-0.2, 0) is 0 Å². The molecule has 4 rings (SSSR count). The van der Waals surface area contributed by atoms with Crippen molar-refractivity contribution in [2.24, 2.45) is 0 Å². The summed E-state index contributed by atoms with van der Waals surface area (Å²) in [5.74, 6) is 1.55. The molecule has 0 saturated carbocycles. The van der Waals surface area contributed by atoms with Crippen molar-refractivity contribution in [1.82, 2.24) is 25.3 Å². The van der Waals surface area contributed by atoms with Gasteiger partial charge in [0.2, 0.25) is 0 Å². The minimum absolute atomic E-state index is 0.388. The van der Waals surface area contributed by atoms with Crippen LogP contribution in [0.2, 0.25) is 0 Å². The van der Waals surface area contributed by atoms with Gasteiger partial charge in [-0.15, -0.1) is 0 Å². The van der Waals surface area contributed by atoms with E-state index in [1.165, 1.54) is 6.42 Å². The topological polar surface area (TPSA) is 75.6 Å². The van der Waals surface area contributed by atoms with Gasteiger partial charge in [0.15, 0.2) is 5.82 Å². The van der Waals surface area contributed by atoms with Crippen molar-refractivity contribution in [1.29, 1.82) is 0 Å². The number of anilines is 1. The average Bonchev–Trinajstić information content (AvgIpc) is 2.70. The fraction of sp³-hybridized carbons (Fsp3) is 0.263. The molecule has 0 aromatic carbocycles. The van der Waals surface area contributed by atoms with Gasteiger partial charge < -0.3 is 10.6 Å². The quantitative estimate of drug-likeness (QED) is 0.765. The Bertz CT molecular complexity index is 758. The molecule has 1 unspecified atom stereocenters. The summed E-state index contributed by atoms with van der Waals surface area (Å²) in [5.41, 5.74) is 2.86. The van der Waals surface area contributed by atoms with E-state index < -0.39 is 0 Å². The maximum Gasteiger partial charge on any atom is 0.162 e. The monoisotopic (exact) mass is 332 g/mol. The Morgan fingerprint density at radius 2 is 1.64 bits per heavy atom. The highest BCUT2D eigenvalue weighted by molar-refractivity contribution is 5.67. The van der Waals surface area contributed by atoms with Gasteiger partial charge in [0.1, 0.15) is 5.82 Å². The van der Waals surface area contributed by atoms with Gasteiger partial charge in [-0.05, 0) is 43.7 Å². The summed E-state index contributed by atoms with van der Waals surface area (Å²) in [5, 5.41) is 6.98. The summed E-state index contributed by atoms with van der Waals surface area (Å²) in [6.07, 6.45) is 9.40. The Morgan fingerprint density at radius 1 is 0.920 bits per heavy atom. The van der Waals surface area contributed by atoms with E-state index in [1.54, 1.807) is 24.8 Å². The fourth-order valence-electron chi connectivity index (χ4n) is 3.01. The van der Waals surface area contributed by atoms with E-state index in [0.717, 1.165) is 42.1 Å². The first-order chi connectivity index (χ1) is 12.4. The minimum Gasteiger partial charge on any atom is -0.366 e. The Balaban J connectivity index is 1.72. The lowest BCUT2D eigenvalue weighted by molar-refractivity contribution is 0.479. The molecule has 0 bridgehead atoms. The Labute approximate surface area is 146 Å². The number of nitrogens with zero attached hydrogens (tertiary/aromatic N) is 4. The van der Waals surface area contributed by atoms with E-state index in [9.17, 15) is 0 Å². The van der Waals surface area contributed by atoms with Gasteiger partial charge in [0.05, 0.1) is 5.69 Å². The zero-order chi connectivity index (χ0) is 16.9. The van der Waals surface area contributed by atoms with Crippen LogP contribution in [0.1, 0.15) is 12.8 Å². The number of hydrogen-bond donors (Lipinski definition) is 2. The van der Waals surface area contributed by atoms with Gasteiger partial charge in [-0.3, -0.25) is 9.97 Å². The Hall–Kier alpha value is -2.86. The van der Waals surface area contributed by atoms with Crippen LogP contribution in [0.15, 0.2) is 55.1 Å². The molecule has 1 saturated heterocycles. The average molecular weight is 332 g/mol. The largest absolute Gasteiger partial charge is 0.366 e. The molecule has 1 aliphatic rings. The van der Waals surface area contributed by atoms with Crippen LogP contribution in [0.5, 0.6) is 0 Å². The van der Waals surface area contributed by atoms with Crippen molar-refractivity contribution >= 4 is 5.82 Å². The highest BCUT2D eigenvalue weighted by atomic mass is 15.1. The highest BCUT2D eigenvalue weighted by Crippen LogP contribution is 2.24. The molecule has 126 valence electrons. The van der Waals surface area contributed by atoms with Crippen molar-refractivity contribution < 1.29 is 0 Å². The van der Waals surface area contributed by atoms with Gasteiger partial charge in [-0.2, -0.15) is 0 Å². The van der Waals surface area contributed by atoms with Crippen LogP contribution >= 0.6 is 0 Å². The summed E-state index contributed by atoms with van der Waals surface area (Å²) < 4.78 is 0. The fourth-order valence-corrected chi connectivity index (χ4v) is 3.01. The molecular formula is C19H20N6. The standard InChI is InChI=1S/C19H20N6/c1-2-16(13-22-7-1)23-18-12-17(14-3-8-20-9-4-14)24-19(25-18)15-5-10-21-11-6-15/h3-6,8-12,16,22H,1-2,7,13H2,(H,23,24,25). The Kier molecular flexibility index (Phi) is 4.61. The van der Waals surface area contributed by atoms with Gasteiger partial charge >= 0.3 is 0 Å². The van der Waals surface area contributed by atoms with Gasteiger partial charge in [0.25, 0.3) is 0 Å². The predicted octanol–water partition coefficient (Wildman–Crippen LogP) is 2.76. The van der Waals surface area contributed by atoms with Crippen molar-refractivity contribution in [2.75, 3.05) is 18.4 Å². The third-order valence-electron chi connectivity index (χ3n) is 4.29. The number of aromatic nitrogens is 4. The highest BCUT2D eigenvalue weighted by Gasteiger charge is 2.15. The molecule has 2 N–H and O–H groups in total. The van der Waals surface area contributed by atoms with Crippen molar-refractivity contribution in [3.05, 3.63) is 55.1 Å². The van der Waals surface area contributed by atoms with Crippen LogP contribution in [0.3, 0.4) is 0 Å². The maximum absolute atomic E-state index is 4.74. The molecule has 0 amide bonds. The van der Waals surface area contributed by atoms with Crippen LogP contribution in [0, 0.1) is 0 Å². The molecular weight excluding hydrogens is 312 g/mol. The van der Waals surface area contributed by atoms with E-state index in [-0.39, 0.29) is 0 Å². The van der Waals surface area contributed by atoms with Crippen LogP contribution in [-0.4, -0.2) is 39.1 Å². The first kappa shape index (κ1) is 15.7. The summed E-state index contributed by atoms with van der Waals surface area (Å²) in [6.45, 7) is 2.05. The normalized spacial score (nSPS) is 17.2. The number of pyridine rings is 2. The van der Waals surface area contributed by atoms with Gasteiger partial charge in [-0.25, -0.2) is 9.97 Å². The van der Waals surface area contributed by atoms with E-state index in [0.29, 0.717) is 11.9 Å². The van der Waals surface area contributed by atoms with Crippen LogP contribution in [0.25, 0.3) is 22.6 Å². The summed E-state index contributed by atoms with van der Waals surface area (Å²) in [4.78, 5) is 17.6. The van der Waals surface area contributed by atoms with Crippen molar-refractivity contribution in [3.63, 3.8) is 0 Å². The number of nitrogens with one attached hydrogen (secondary N) is 2. The molecule has 1 fully saturated rings. The first-order valence-corrected chi connectivity index (χ1v) is 8.55.